The van der Waals surface area contributed by atoms with Crippen LogP contribution < -0.4 is 10.1 Å². The van der Waals surface area contributed by atoms with E-state index in [4.69, 9.17) is 4.74 Å². The van der Waals surface area contributed by atoms with Crippen LogP contribution in [0, 0.1) is 13.8 Å². The van der Waals surface area contributed by atoms with Gasteiger partial charge in [-0.3, -0.25) is 9.59 Å². The smallest absolute Gasteiger partial charge is 0.265 e. The van der Waals surface area contributed by atoms with Gasteiger partial charge in [-0.2, -0.15) is 0 Å². The Labute approximate surface area is 201 Å². The molecule has 0 fully saturated rings. The molecule has 0 aromatic heterocycles. The van der Waals surface area contributed by atoms with Crippen LogP contribution in [0.1, 0.15) is 54.1 Å². The number of hydrogen-bond acceptors (Lipinski definition) is 3. The van der Waals surface area contributed by atoms with E-state index in [0.29, 0.717) is 18.7 Å². The van der Waals surface area contributed by atoms with Crippen molar-refractivity contribution in [3.63, 3.8) is 0 Å². The molecular formula is C29H32N2O3. The Balaban J connectivity index is 1.62. The first-order valence-corrected chi connectivity index (χ1v) is 11.9. The fourth-order valence-electron chi connectivity index (χ4n) is 4.64. The molecule has 0 spiro atoms. The molecule has 176 valence electrons. The first-order chi connectivity index (χ1) is 16.4. The minimum atomic E-state index is -0.622. The minimum Gasteiger partial charge on any atom is -0.481 e. The highest BCUT2D eigenvalue weighted by Crippen LogP contribution is 2.37. The number of carbonyl (C=O) groups excluding carboxylic acids is 2. The molecule has 4 rings (SSSR count). The highest BCUT2D eigenvalue weighted by molar-refractivity contribution is 5.94. The monoisotopic (exact) mass is 456 g/mol. The van der Waals surface area contributed by atoms with Gasteiger partial charge < -0.3 is 15.0 Å². The number of rotatable bonds is 6. The number of ether oxygens (including phenoxy) is 1. The standard InChI is InChI=1S/C29H32N2O3/c1-5-27(29(33)30-24-11-7-9-20(3)17-24)34-25-13-12-22-14-15-31(21(4)32)28(26(22)18-25)23-10-6-8-19(2)16-23/h6-13,16-18,27-28H,5,14-15H2,1-4H3,(H,30,33). The number of fused-ring (bicyclic) bond motifs is 1. The summed E-state index contributed by atoms with van der Waals surface area (Å²) in [5.74, 6) is 0.506. The van der Waals surface area contributed by atoms with Crippen molar-refractivity contribution >= 4 is 17.5 Å². The predicted molar refractivity (Wildman–Crippen MR) is 135 cm³/mol. The van der Waals surface area contributed by atoms with Crippen LogP contribution in [-0.4, -0.2) is 29.4 Å². The molecule has 3 aromatic carbocycles. The molecule has 1 heterocycles. The van der Waals surface area contributed by atoms with E-state index in [1.807, 2.05) is 61.2 Å². The van der Waals surface area contributed by atoms with Crippen molar-refractivity contribution in [1.82, 2.24) is 4.90 Å². The Morgan fingerprint density at radius 1 is 1.03 bits per heavy atom. The van der Waals surface area contributed by atoms with Gasteiger partial charge >= 0.3 is 0 Å². The molecule has 34 heavy (non-hydrogen) atoms. The molecule has 1 N–H and O–H groups in total. The molecule has 2 unspecified atom stereocenters. The average molecular weight is 457 g/mol. The molecule has 0 saturated heterocycles. The van der Waals surface area contributed by atoms with Gasteiger partial charge in [0.1, 0.15) is 5.75 Å². The molecule has 0 bridgehead atoms. The van der Waals surface area contributed by atoms with E-state index < -0.39 is 6.10 Å². The lowest BCUT2D eigenvalue weighted by Crippen LogP contribution is -2.39. The SMILES string of the molecule is CCC(Oc1ccc2c(c1)C(c1cccc(C)c1)N(C(C)=O)CC2)C(=O)Nc1cccc(C)c1. The van der Waals surface area contributed by atoms with E-state index in [9.17, 15) is 9.59 Å². The normalized spacial score (nSPS) is 15.9. The van der Waals surface area contributed by atoms with Gasteiger partial charge in [-0.25, -0.2) is 0 Å². The summed E-state index contributed by atoms with van der Waals surface area (Å²) in [6.07, 6.45) is 0.710. The fraction of sp³-hybridized carbons (Fsp3) is 0.310. The number of anilines is 1. The molecule has 0 saturated carbocycles. The lowest BCUT2D eigenvalue weighted by Gasteiger charge is -2.37. The number of nitrogens with one attached hydrogen (secondary N) is 1. The lowest BCUT2D eigenvalue weighted by atomic mass is 9.87. The Morgan fingerprint density at radius 3 is 2.44 bits per heavy atom. The highest BCUT2D eigenvalue weighted by atomic mass is 16.5. The maximum atomic E-state index is 12.9. The zero-order valence-electron chi connectivity index (χ0n) is 20.3. The lowest BCUT2D eigenvalue weighted by molar-refractivity contribution is -0.130. The summed E-state index contributed by atoms with van der Waals surface area (Å²) < 4.78 is 6.18. The molecule has 2 atom stereocenters. The molecule has 1 aliphatic heterocycles. The van der Waals surface area contributed by atoms with E-state index in [1.165, 1.54) is 5.56 Å². The summed E-state index contributed by atoms with van der Waals surface area (Å²) in [5.41, 5.74) is 6.33. The summed E-state index contributed by atoms with van der Waals surface area (Å²) in [4.78, 5) is 27.4. The molecule has 5 heteroatoms. The zero-order chi connectivity index (χ0) is 24.2. The van der Waals surface area contributed by atoms with Crippen molar-refractivity contribution in [1.29, 1.82) is 0 Å². The van der Waals surface area contributed by atoms with Crippen LogP contribution in [0.5, 0.6) is 5.75 Å². The highest BCUT2D eigenvalue weighted by Gasteiger charge is 2.31. The third-order valence-electron chi connectivity index (χ3n) is 6.34. The molecule has 3 aromatic rings. The van der Waals surface area contributed by atoms with Crippen molar-refractivity contribution in [2.75, 3.05) is 11.9 Å². The van der Waals surface area contributed by atoms with E-state index >= 15 is 0 Å². The van der Waals surface area contributed by atoms with E-state index in [2.05, 4.69) is 36.5 Å². The second kappa shape index (κ2) is 10.1. The fourth-order valence-corrected chi connectivity index (χ4v) is 4.64. The summed E-state index contributed by atoms with van der Waals surface area (Å²) in [6, 6.07) is 21.8. The molecule has 5 nitrogen and oxygen atoms in total. The van der Waals surface area contributed by atoms with E-state index in [0.717, 1.165) is 34.4 Å². The van der Waals surface area contributed by atoms with Gasteiger partial charge in [0, 0.05) is 19.2 Å². The van der Waals surface area contributed by atoms with Crippen LogP contribution in [0.25, 0.3) is 0 Å². The summed E-state index contributed by atoms with van der Waals surface area (Å²) in [5, 5.41) is 2.96. The second-order valence-corrected chi connectivity index (χ2v) is 9.01. The number of nitrogens with zero attached hydrogens (tertiary/aromatic N) is 1. The largest absolute Gasteiger partial charge is 0.481 e. The molecular weight excluding hydrogens is 424 g/mol. The second-order valence-electron chi connectivity index (χ2n) is 9.01. The zero-order valence-corrected chi connectivity index (χ0v) is 20.3. The van der Waals surface area contributed by atoms with Crippen LogP contribution in [0.2, 0.25) is 0 Å². The summed E-state index contributed by atoms with van der Waals surface area (Å²) in [6.45, 7) is 8.29. The average Bonchev–Trinajstić information content (AvgIpc) is 2.81. The van der Waals surface area contributed by atoms with Gasteiger partial charge in [-0.05, 0) is 73.2 Å². The molecule has 2 amide bonds. The van der Waals surface area contributed by atoms with Crippen LogP contribution in [-0.2, 0) is 16.0 Å². The first kappa shape index (κ1) is 23.6. The van der Waals surface area contributed by atoms with Crippen molar-refractivity contribution in [2.24, 2.45) is 0 Å². The minimum absolute atomic E-state index is 0.0486. The third kappa shape index (κ3) is 5.14. The van der Waals surface area contributed by atoms with E-state index in [-0.39, 0.29) is 17.9 Å². The van der Waals surface area contributed by atoms with Gasteiger partial charge in [-0.15, -0.1) is 0 Å². The van der Waals surface area contributed by atoms with Gasteiger partial charge in [0.2, 0.25) is 5.91 Å². The Morgan fingerprint density at radius 2 is 1.76 bits per heavy atom. The Kier molecular flexibility index (Phi) is 7.01. The van der Waals surface area contributed by atoms with Gasteiger partial charge in [0.05, 0.1) is 6.04 Å². The van der Waals surface area contributed by atoms with Gasteiger partial charge in [0.25, 0.3) is 5.91 Å². The Bertz CT molecular complexity index is 1200. The Hall–Kier alpha value is -3.60. The maximum absolute atomic E-state index is 12.9. The van der Waals surface area contributed by atoms with Crippen LogP contribution >= 0.6 is 0 Å². The summed E-state index contributed by atoms with van der Waals surface area (Å²) in [7, 11) is 0. The maximum Gasteiger partial charge on any atom is 0.265 e. The van der Waals surface area contributed by atoms with Gasteiger partial charge in [0.15, 0.2) is 6.10 Å². The topological polar surface area (TPSA) is 58.6 Å². The van der Waals surface area contributed by atoms with Crippen molar-refractivity contribution in [2.45, 2.75) is 52.7 Å². The number of carbonyl (C=O) groups is 2. The number of aryl methyl sites for hydroxylation is 2. The number of hydrogen-bond donors (Lipinski definition) is 1. The van der Waals surface area contributed by atoms with Gasteiger partial charge in [-0.1, -0.05) is 55.0 Å². The molecule has 1 aliphatic rings. The molecule has 0 aliphatic carbocycles. The summed E-state index contributed by atoms with van der Waals surface area (Å²) >= 11 is 0. The van der Waals surface area contributed by atoms with Crippen molar-refractivity contribution in [3.05, 3.63) is 94.5 Å². The third-order valence-corrected chi connectivity index (χ3v) is 6.34. The number of benzene rings is 3. The number of amides is 2. The molecule has 0 radical (unpaired) electrons. The van der Waals surface area contributed by atoms with Crippen LogP contribution in [0.15, 0.2) is 66.7 Å². The van der Waals surface area contributed by atoms with Crippen molar-refractivity contribution in [3.8, 4) is 5.75 Å². The van der Waals surface area contributed by atoms with Crippen LogP contribution in [0.4, 0.5) is 5.69 Å². The first-order valence-electron chi connectivity index (χ1n) is 11.9. The quantitative estimate of drug-likeness (QED) is 0.526. The van der Waals surface area contributed by atoms with Crippen molar-refractivity contribution < 1.29 is 14.3 Å². The predicted octanol–water partition coefficient (Wildman–Crippen LogP) is 5.59. The van der Waals surface area contributed by atoms with Crippen LogP contribution in [0.3, 0.4) is 0 Å². The van der Waals surface area contributed by atoms with E-state index in [1.54, 1.807) is 6.92 Å².